The van der Waals surface area contributed by atoms with E-state index in [2.05, 4.69) is 32.9 Å². The lowest BCUT2D eigenvalue weighted by Gasteiger charge is -2.09. The standard InChI is InChI=1S/C11H13IN4/c12-10-7-9(13)1-2-11(10)15-4-6-16-5-3-14-8-16/h1-3,5,7-8,15H,4,6,13H2. The van der Waals surface area contributed by atoms with Gasteiger partial charge in [0, 0.05) is 40.4 Å². The first-order valence-electron chi connectivity index (χ1n) is 5.00. The van der Waals surface area contributed by atoms with E-state index < -0.39 is 0 Å². The van der Waals surface area contributed by atoms with Crippen LogP contribution in [-0.2, 0) is 6.54 Å². The summed E-state index contributed by atoms with van der Waals surface area (Å²) < 4.78 is 3.18. The SMILES string of the molecule is Nc1ccc(NCCn2ccnc2)c(I)c1. The van der Waals surface area contributed by atoms with Crippen molar-refractivity contribution in [3.8, 4) is 0 Å². The Bertz CT molecular complexity index is 453. The first kappa shape index (κ1) is 11.3. The van der Waals surface area contributed by atoms with Crippen molar-refractivity contribution in [2.24, 2.45) is 0 Å². The Morgan fingerprint density at radius 2 is 2.31 bits per heavy atom. The van der Waals surface area contributed by atoms with Gasteiger partial charge in [-0.25, -0.2) is 4.98 Å². The van der Waals surface area contributed by atoms with E-state index in [0.29, 0.717) is 0 Å². The van der Waals surface area contributed by atoms with Gasteiger partial charge in [-0.05, 0) is 40.8 Å². The van der Waals surface area contributed by atoms with Gasteiger partial charge >= 0.3 is 0 Å². The van der Waals surface area contributed by atoms with Crippen LogP contribution in [0.1, 0.15) is 0 Å². The normalized spacial score (nSPS) is 10.3. The van der Waals surface area contributed by atoms with Crippen LogP contribution >= 0.6 is 22.6 Å². The van der Waals surface area contributed by atoms with E-state index in [1.807, 2.05) is 35.3 Å². The van der Waals surface area contributed by atoms with Crippen molar-refractivity contribution >= 4 is 34.0 Å². The third kappa shape index (κ3) is 2.88. The highest BCUT2D eigenvalue weighted by molar-refractivity contribution is 14.1. The zero-order valence-corrected chi connectivity index (χ0v) is 10.9. The second-order valence-corrected chi connectivity index (χ2v) is 4.63. The molecule has 4 nitrogen and oxygen atoms in total. The molecule has 0 spiro atoms. The van der Waals surface area contributed by atoms with Crippen LogP contribution in [0.25, 0.3) is 0 Å². The maximum Gasteiger partial charge on any atom is 0.0946 e. The molecule has 0 atom stereocenters. The van der Waals surface area contributed by atoms with Crippen molar-refractivity contribution in [2.75, 3.05) is 17.6 Å². The minimum Gasteiger partial charge on any atom is -0.399 e. The molecule has 2 aromatic rings. The van der Waals surface area contributed by atoms with Gasteiger partial charge in [0.15, 0.2) is 0 Å². The van der Waals surface area contributed by atoms with Crippen molar-refractivity contribution in [2.45, 2.75) is 6.54 Å². The van der Waals surface area contributed by atoms with Gasteiger partial charge in [-0.3, -0.25) is 0 Å². The lowest BCUT2D eigenvalue weighted by molar-refractivity contribution is 0.727. The van der Waals surface area contributed by atoms with E-state index in [9.17, 15) is 0 Å². The number of rotatable bonds is 4. The number of nitrogens with zero attached hydrogens (tertiary/aromatic N) is 2. The molecule has 0 amide bonds. The summed E-state index contributed by atoms with van der Waals surface area (Å²) >= 11 is 2.28. The van der Waals surface area contributed by atoms with Crippen LogP contribution in [0.3, 0.4) is 0 Å². The van der Waals surface area contributed by atoms with Crippen molar-refractivity contribution in [3.05, 3.63) is 40.5 Å². The highest BCUT2D eigenvalue weighted by atomic mass is 127. The molecule has 0 saturated carbocycles. The minimum atomic E-state index is 0.796. The number of aromatic nitrogens is 2. The number of halogens is 1. The molecule has 0 saturated heterocycles. The zero-order valence-electron chi connectivity index (χ0n) is 8.73. The number of hydrogen-bond donors (Lipinski definition) is 2. The summed E-state index contributed by atoms with van der Waals surface area (Å²) in [7, 11) is 0. The van der Waals surface area contributed by atoms with Gasteiger partial charge in [-0.1, -0.05) is 0 Å². The van der Waals surface area contributed by atoms with Gasteiger partial charge in [-0.2, -0.15) is 0 Å². The molecule has 3 N–H and O–H groups in total. The molecule has 84 valence electrons. The van der Waals surface area contributed by atoms with Crippen LogP contribution in [0.4, 0.5) is 11.4 Å². The number of hydrogen-bond acceptors (Lipinski definition) is 3. The van der Waals surface area contributed by atoms with Gasteiger partial charge in [0.2, 0.25) is 0 Å². The molecule has 16 heavy (non-hydrogen) atoms. The minimum absolute atomic E-state index is 0.796. The molecule has 0 unspecified atom stereocenters. The Morgan fingerprint density at radius 3 is 3.00 bits per heavy atom. The molecule has 0 bridgehead atoms. The molecule has 2 rings (SSSR count). The fourth-order valence-corrected chi connectivity index (χ4v) is 2.14. The molecular weight excluding hydrogens is 315 g/mol. The Labute approximate surface area is 108 Å². The van der Waals surface area contributed by atoms with Crippen LogP contribution in [-0.4, -0.2) is 16.1 Å². The quantitative estimate of drug-likeness (QED) is 0.668. The maximum atomic E-state index is 5.69. The van der Waals surface area contributed by atoms with Crippen LogP contribution in [0, 0.1) is 3.57 Å². The zero-order chi connectivity index (χ0) is 11.4. The summed E-state index contributed by atoms with van der Waals surface area (Å²) in [5, 5.41) is 3.37. The third-order valence-corrected chi connectivity index (χ3v) is 3.13. The monoisotopic (exact) mass is 328 g/mol. The second-order valence-electron chi connectivity index (χ2n) is 3.47. The van der Waals surface area contributed by atoms with Crippen LogP contribution in [0.15, 0.2) is 36.9 Å². The second kappa shape index (κ2) is 5.20. The summed E-state index contributed by atoms with van der Waals surface area (Å²) in [5.41, 5.74) is 7.60. The van der Waals surface area contributed by atoms with Gasteiger partial charge < -0.3 is 15.6 Å². The number of imidazole rings is 1. The van der Waals surface area contributed by atoms with Crippen LogP contribution < -0.4 is 11.1 Å². The smallest absolute Gasteiger partial charge is 0.0946 e. The number of anilines is 2. The topological polar surface area (TPSA) is 55.9 Å². The van der Waals surface area contributed by atoms with Crippen molar-refractivity contribution in [1.29, 1.82) is 0 Å². The lowest BCUT2D eigenvalue weighted by Crippen LogP contribution is -2.10. The van der Waals surface area contributed by atoms with Crippen molar-refractivity contribution in [1.82, 2.24) is 9.55 Å². The van der Waals surface area contributed by atoms with Crippen LogP contribution in [0.2, 0.25) is 0 Å². The Hall–Kier alpha value is -1.24. The predicted molar refractivity (Wildman–Crippen MR) is 74.3 cm³/mol. The first-order chi connectivity index (χ1) is 7.75. The summed E-state index contributed by atoms with van der Waals surface area (Å²) in [6.45, 7) is 1.77. The summed E-state index contributed by atoms with van der Waals surface area (Å²) in [6.07, 6.45) is 5.55. The summed E-state index contributed by atoms with van der Waals surface area (Å²) in [6, 6.07) is 5.87. The fourth-order valence-electron chi connectivity index (χ4n) is 1.41. The molecule has 1 aromatic carbocycles. The number of benzene rings is 1. The van der Waals surface area contributed by atoms with E-state index in [1.165, 1.54) is 0 Å². The van der Waals surface area contributed by atoms with Gasteiger partial charge in [0.25, 0.3) is 0 Å². The molecule has 1 aromatic heterocycles. The molecule has 0 aliphatic carbocycles. The summed E-state index contributed by atoms with van der Waals surface area (Å²) in [4.78, 5) is 3.99. The van der Waals surface area contributed by atoms with E-state index >= 15 is 0 Å². The van der Waals surface area contributed by atoms with E-state index in [-0.39, 0.29) is 0 Å². The van der Waals surface area contributed by atoms with Gasteiger partial charge in [0.1, 0.15) is 0 Å². The predicted octanol–water partition coefficient (Wildman–Crippen LogP) is 2.18. The molecule has 0 aliphatic rings. The first-order valence-corrected chi connectivity index (χ1v) is 6.08. The Kier molecular flexibility index (Phi) is 3.66. The van der Waals surface area contributed by atoms with Crippen LogP contribution in [0.5, 0.6) is 0 Å². The molecule has 5 heteroatoms. The molecule has 0 fully saturated rings. The van der Waals surface area contributed by atoms with Gasteiger partial charge in [-0.15, -0.1) is 0 Å². The number of nitrogen functional groups attached to an aromatic ring is 1. The third-order valence-electron chi connectivity index (χ3n) is 2.24. The average molecular weight is 328 g/mol. The molecule has 0 radical (unpaired) electrons. The summed E-state index contributed by atoms with van der Waals surface area (Å²) in [5.74, 6) is 0. The van der Waals surface area contributed by atoms with Crippen molar-refractivity contribution < 1.29 is 0 Å². The Balaban J connectivity index is 1.90. The highest BCUT2D eigenvalue weighted by Crippen LogP contribution is 2.20. The fraction of sp³-hybridized carbons (Fsp3) is 0.182. The van der Waals surface area contributed by atoms with E-state index in [4.69, 9.17) is 5.73 Å². The largest absolute Gasteiger partial charge is 0.399 e. The average Bonchev–Trinajstić information content (AvgIpc) is 2.74. The molecule has 0 aliphatic heterocycles. The molecule has 1 heterocycles. The van der Waals surface area contributed by atoms with E-state index in [1.54, 1.807) is 6.20 Å². The number of nitrogens with two attached hydrogens (primary N) is 1. The van der Waals surface area contributed by atoms with Gasteiger partial charge in [0.05, 0.1) is 6.33 Å². The van der Waals surface area contributed by atoms with Crippen molar-refractivity contribution in [3.63, 3.8) is 0 Å². The lowest BCUT2D eigenvalue weighted by atomic mass is 10.3. The number of nitrogens with one attached hydrogen (secondary N) is 1. The van der Waals surface area contributed by atoms with E-state index in [0.717, 1.165) is 28.0 Å². The molecular formula is C11H13IN4. The maximum absolute atomic E-state index is 5.69. The highest BCUT2D eigenvalue weighted by Gasteiger charge is 1.98. The Morgan fingerprint density at radius 1 is 1.44 bits per heavy atom.